The summed E-state index contributed by atoms with van der Waals surface area (Å²) in [5.74, 6) is 0. The van der Waals surface area contributed by atoms with Crippen molar-refractivity contribution < 1.29 is 23.3 Å². The fourth-order valence-corrected chi connectivity index (χ4v) is 5.73. The number of hydrogen-bond donors (Lipinski definition) is 0. The molecule has 0 N–H and O–H groups in total. The Labute approximate surface area is 251 Å². The van der Waals surface area contributed by atoms with Crippen LogP contribution < -0.4 is 5.19 Å². The van der Waals surface area contributed by atoms with E-state index < -0.39 is 0 Å². The van der Waals surface area contributed by atoms with Crippen LogP contribution in [0, 0.1) is 12.2 Å². The molecule has 0 spiro atoms. The van der Waals surface area contributed by atoms with Crippen molar-refractivity contribution in [3.63, 3.8) is 0 Å². The molecule has 0 aliphatic heterocycles. The Bertz CT molecular complexity index is 1170. The molecule has 0 bridgehead atoms. The van der Waals surface area contributed by atoms with Crippen LogP contribution in [0.25, 0.3) is 11.1 Å². The van der Waals surface area contributed by atoms with E-state index in [4.69, 9.17) is 0 Å². The second-order valence-electron chi connectivity index (χ2n) is 8.49. The van der Waals surface area contributed by atoms with Crippen molar-refractivity contribution in [2.45, 2.75) is 46.1 Å². The normalized spacial score (nSPS) is 12.6. The van der Waals surface area contributed by atoms with Crippen molar-refractivity contribution >= 4 is 46.6 Å². The first-order valence-electron chi connectivity index (χ1n) is 12.4. The number of aryl methyl sites for hydroxylation is 2. The van der Waals surface area contributed by atoms with Crippen LogP contribution in [0.5, 0.6) is 0 Å². The first-order chi connectivity index (χ1) is 17.1. The summed E-state index contributed by atoms with van der Waals surface area (Å²) in [4.78, 5) is 0. The minimum atomic E-state index is -0.122. The third-order valence-electron chi connectivity index (χ3n) is 5.89. The van der Waals surface area contributed by atoms with Gasteiger partial charge in [0.15, 0.2) is 0 Å². The van der Waals surface area contributed by atoms with Gasteiger partial charge in [-0.05, 0) is 12.8 Å². The summed E-state index contributed by atoms with van der Waals surface area (Å²) < 4.78 is 0. The Hall–Kier alpha value is -1.70. The molecule has 0 saturated heterocycles. The van der Waals surface area contributed by atoms with Crippen molar-refractivity contribution in [2.24, 2.45) is 0 Å². The molecule has 0 aromatic heterocycles. The minimum Gasteiger partial charge on any atom is -0.147 e. The van der Waals surface area contributed by atoms with Crippen LogP contribution in [-0.4, -0.2) is 5.43 Å². The van der Waals surface area contributed by atoms with Gasteiger partial charge in [-0.1, -0.05) is 62.1 Å². The first-order valence-corrected chi connectivity index (χ1v) is 18.1. The molecular weight excluding hydrogens is 587 g/mol. The van der Waals surface area contributed by atoms with Crippen molar-refractivity contribution in [3.05, 3.63) is 138 Å². The van der Waals surface area contributed by atoms with Crippen molar-refractivity contribution in [1.82, 2.24) is 0 Å². The van der Waals surface area contributed by atoms with Gasteiger partial charge in [0, 0.05) is 0 Å². The molecule has 0 heterocycles. The number of halogens is 2. The van der Waals surface area contributed by atoms with Crippen molar-refractivity contribution in [3.8, 4) is 0 Å². The third kappa shape index (κ3) is 11.3. The fraction of sp³-hybridized carbons (Fsp3) is 0.212. The molecule has 5 rings (SSSR count). The van der Waals surface area contributed by atoms with E-state index in [1.165, 1.54) is 33.4 Å². The zero-order valence-corrected chi connectivity index (χ0v) is 27.1. The molecule has 0 saturated carbocycles. The monoisotopic (exact) mass is 620 g/mol. The van der Waals surface area contributed by atoms with Gasteiger partial charge in [0.05, 0.1) is 0 Å². The summed E-state index contributed by atoms with van der Waals surface area (Å²) >= 11 is 1.69. The summed E-state index contributed by atoms with van der Waals surface area (Å²) in [5, 5.41) is 1.56. The maximum Gasteiger partial charge on any atom is -0.147 e. The van der Waals surface area contributed by atoms with E-state index >= 15 is 0 Å². The van der Waals surface area contributed by atoms with Gasteiger partial charge in [-0.25, -0.2) is 0 Å². The van der Waals surface area contributed by atoms with Crippen molar-refractivity contribution in [1.29, 1.82) is 0 Å². The second kappa shape index (κ2) is 18.5. The Morgan fingerprint density at radius 2 is 1.14 bits per heavy atom. The van der Waals surface area contributed by atoms with E-state index in [0.717, 1.165) is 25.7 Å². The molecule has 0 radical (unpaired) electrons. The first kappa shape index (κ1) is 33.3. The van der Waals surface area contributed by atoms with E-state index in [1.54, 1.807) is 28.5 Å². The minimum absolute atomic E-state index is 0. The summed E-state index contributed by atoms with van der Waals surface area (Å²) in [7, 11) is 0. The molecule has 0 fully saturated rings. The number of rotatable bonds is 5. The Morgan fingerprint density at radius 1 is 0.676 bits per heavy atom. The molecule has 0 atom stereocenters. The van der Waals surface area contributed by atoms with Crippen LogP contribution in [0.15, 0.2) is 103 Å². The van der Waals surface area contributed by atoms with Crippen LogP contribution in [-0.2, 0) is 36.2 Å². The molecule has 3 aromatic carbocycles. The summed E-state index contributed by atoms with van der Waals surface area (Å²) in [6, 6.07) is 28.1. The smallest absolute Gasteiger partial charge is 0.147 e. The van der Waals surface area contributed by atoms with E-state index in [9.17, 15) is 0 Å². The Balaban J connectivity index is 0.000000275. The summed E-state index contributed by atoms with van der Waals surface area (Å²) in [5.41, 5.74) is 7.76. The average Bonchev–Trinajstić information content (AvgIpc) is 3.65. The van der Waals surface area contributed by atoms with E-state index in [2.05, 4.69) is 136 Å². The molecule has 4 heteroatoms. The number of allylic oxidation sites excluding steroid dienone is 8. The maximum absolute atomic E-state index is 3.33. The summed E-state index contributed by atoms with van der Waals surface area (Å²) in [6.07, 6.45) is 19.4. The number of hydrogen-bond acceptors (Lipinski definition) is 0. The molecule has 2 aliphatic carbocycles. The van der Waals surface area contributed by atoms with Gasteiger partial charge < -0.3 is 0 Å². The standard InChI is InChI=1S/2C13H13.C7H8Si.2ClH.Zr/c2*1-2-11-6-5-9-13(10-11)12-7-3-4-8-12;1-8-7-5-3-2-4-6-7;;;/h2*3,5-7,9-10H,2,4H2,1H3;2-6H,1H3;2*1H;/q2*-1;;;;+2. The van der Waals surface area contributed by atoms with Crippen LogP contribution in [0.3, 0.4) is 0 Å². The van der Waals surface area contributed by atoms with Gasteiger partial charge in [0.1, 0.15) is 0 Å². The average molecular weight is 623 g/mol. The predicted octanol–water partition coefficient (Wildman–Crippen LogP) is 8.70. The van der Waals surface area contributed by atoms with E-state index in [0.29, 0.717) is 0 Å². The molecule has 0 nitrogen and oxygen atoms in total. The zero-order chi connectivity index (χ0) is 24.9. The van der Waals surface area contributed by atoms with Gasteiger partial charge >= 0.3 is 70.8 Å². The van der Waals surface area contributed by atoms with Gasteiger partial charge in [-0.2, -0.15) is 35.5 Å². The molecule has 190 valence electrons. The molecule has 0 unspecified atom stereocenters. The SMILES string of the molecule is CCc1cccc(C2=[C-]CC=C2)c1.CCc1cccc(C2=[C-]CC=C2)c1.C[Si](=[Zr+2])c1ccccc1.Cl.Cl. The predicted molar refractivity (Wildman–Crippen MR) is 165 cm³/mol. The Kier molecular flexibility index (Phi) is 16.7. The molecule has 3 aromatic rings. The number of benzene rings is 3. The van der Waals surface area contributed by atoms with Gasteiger partial charge in [0.25, 0.3) is 0 Å². The van der Waals surface area contributed by atoms with Crippen molar-refractivity contribution in [2.75, 3.05) is 0 Å². The quantitative estimate of drug-likeness (QED) is 0.197. The molecular formula is C33H36Cl2SiZr. The fourth-order valence-electron chi connectivity index (χ4n) is 3.81. The van der Waals surface area contributed by atoms with Gasteiger partial charge in [-0.15, -0.1) is 72.4 Å². The maximum atomic E-state index is 3.33. The van der Waals surface area contributed by atoms with Crippen LogP contribution >= 0.6 is 24.8 Å². The third-order valence-corrected chi connectivity index (χ3v) is 9.22. The zero-order valence-electron chi connectivity index (χ0n) is 22.0. The van der Waals surface area contributed by atoms with E-state index in [1.807, 2.05) is 0 Å². The molecule has 0 amide bonds. The van der Waals surface area contributed by atoms with Crippen LogP contribution in [0.4, 0.5) is 0 Å². The molecule has 37 heavy (non-hydrogen) atoms. The van der Waals surface area contributed by atoms with Gasteiger partial charge in [-0.3, -0.25) is 0 Å². The van der Waals surface area contributed by atoms with Crippen LogP contribution in [0.1, 0.15) is 48.9 Å². The van der Waals surface area contributed by atoms with E-state index in [-0.39, 0.29) is 30.2 Å². The molecule has 2 aliphatic rings. The second-order valence-corrected chi connectivity index (χ2v) is 15.9. The summed E-state index contributed by atoms with van der Waals surface area (Å²) in [6.45, 7) is 6.71. The van der Waals surface area contributed by atoms with Gasteiger partial charge in [0.2, 0.25) is 0 Å². The topological polar surface area (TPSA) is 0 Å². The largest absolute Gasteiger partial charge is 0.147 e. The van der Waals surface area contributed by atoms with Crippen LogP contribution in [0.2, 0.25) is 6.55 Å². The Morgan fingerprint density at radius 3 is 1.46 bits per heavy atom.